The Morgan fingerprint density at radius 1 is 1.37 bits per heavy atom. The molecule has 0 aliphatic rings. The van der Waals surface area contributed by atoms with Crippen LogP contribution in [0.4, 0.5) is 0 Å². The number of hydrogen-bond acceptors (Lipinski definition) is 3. The fourth-order valence-electron chi connectivity index (χ4n) is 1.91. The van der Waals surface area contributed by atoms with Gasteiger partial charge in [-0.15, -0.1) is 0 Å². The van der Waals surface area contributed by atoms with E-state index >= 15 is 0 Å². The minimum absolute atomic E-state index is 0.00495. The lowest BCUT2D eigenvalue weighted by Crippen LogP contribution is -2.22. The molecule has 2 rings (SSSR count). The number of amides is 1. The van der Waals surface area contributed by atoms with Gasteiger partial charge >= 0.3 is 5.97 Å². The summed E-state index contributed by atoms with van der Waals surface area (Å²) in [5.74, 6) is -0.999. The number of carboxylic acids is 1. The lowest BCUT2D eigenvalue weighted by Gasteiger charge is -2.11. The average Bonchev–Trinajstić information content (AvgIpc) is 2.78. The van der Waals surface area contributed by atoms with Gasteiger partial charge in [0.05, 0.1) is 22.9 Å². The number of hydrogen-bond donors (Lipinski definition) is 1. The largest absolute Gasteiger partial charge is 0.478 e. The maximum Gasteiger partial charge on any atom is 0.337 e. The molecule has 0 unspecified atom stereocenters. The molecule has 0 bridgehead atoms. The summed E-state index contributed by atoms with van der Waals surface area (Å²) < 4.78 is 1.71. The van der Waals surface area contributed by atoms with Gasteiger partial charge in [0.1, 0.15) is 0 Å². The Hall–Kier alpha value is -2.37. The molecule has 0 saturated heterocycles. The first kappa shape index (κ1) is 13.1. The van der Waals surface area contributed by atoms with E-state index in [9.17, 15) is 14.7 Å². The number of benzene rings is 1. The van der Waals surface area contributed by atoms with E-state index in [1.807, 2.05) is 0 Å². The normalized spacial score (nSPS) is 10.6. The molecule has 0 saturated carbocycles. The standard InChI is InChI=1S/C13H15N3O3/c1-15(2)11(17)6-7-16-8-14-10-5-3-4-9(12(10)16)13(18)19/h3-5,8H,6-7H2,1-2H3,(H,18,19). The van der Waals surface area contributed by atoms with Crippen molar-refractivity contribution in [2.75, 3.05) is 14.1 Å². The number of para-hydroxylation sites is 1. The lowest BCUT2D eigenvalue weighted by atomic mass is 10.2. The summed E-state index contributed by atoms with van der Waals surface area (Å²) in [5.41, 5.74) is 1.38. The molecule has 0 fully saturated rings. The highest BCUT2D eigenvalue weighted by Gasteiger charge is 2.14. The maximum atomic E-state index is 11.6. The lowest BCUT2D eigenvalue weighted by molar-refractivity contribution is -0.128. The number of rotatable bonds is 4. The number of nitrogens with zero attached hydrogens (tertiary/aromatic N) is 3. The third kappa shape index (κ3) is 2.57. The van der Waals surface area contributed by atoms with Crippen molar-refractivity contribution in [1.29, 1.82) is 0 Å². The number of carbonyl (C=O) groups excluding carboxylic acids is 1. The Kier molecular flexibility index (Phi) is 3.50. The van der Waals surface area contributed by atoms with Crippen LogP contribution in [0.5, 0.6) is 0 Å². The second-order valence-corrected chi connectivity index (χ2v) is 4.45. The Morgan fingerprint density at radius 3 is 2.74 bits per heavy atom. The molecular formula is C13H15N3O3. The maximum absolute atomic E-state index is 11.6. The van der Waals surface area contributed by atoms with Crippen molar-refractivity contribution in [2.24, 2.45) is 0 Å². The Balaban J connectivity index is 2.34. The number of aryl methyl sites for hydroxylation is 1. The van der Waals surface area contributed by atoms with E-state index in [4.69, 9.17) is 0 Å². The predicted octanol–water partition coefficient (Wildman–Crippen LogP) is 1.21. The van der Waals surface area contributed by atoms with E-state index in [1.165, 1.54) is 11.0 Å². The van der Waals surface area contributed by atoms with Crippen LogP contribution in [0, 0.1) is 0 Å². The molecule has 0 aliphatic heterocycles. The minimum Gasteiger partial charge on any atom is -0.478 e. The molecule has 0 atom stereocenters. The van der Waals surface area contributed by atoms with Crippen LogP contribution in [0.3, 0.4) is 0 Å². The van der Waals surface area contributed by atoms with Gasteiger partial charge in [-0.05, 0) is 12.1 Å². The first-order valence-electron chi connectivity index (χ1n) is 5.88. The molecule has 1 amide bonds. The van der Waals surface area contributed by atoms with Gasteiger partial charge in [0.15, 0.2) is 0 Å². The number of fused-ring (bicyclic) bond motifs is 1. The van der Waals surface area contributed by atoms with E-state index in [1.54, 1.807) is 37.1 Å². The highest BCUT2D eigenvalue weighted by molar-refractivity contribution is 6.01. The van der Waals surface area contributed by atoms with Gasteiger partial charge in [-0.1, -0.05) is 6.07 Å². The quantitative estimate of drug-likeness (QED) is 0.897. The van der Waals surface area contributed by atoms with Crippen molar-refractivity contribution in [1.82, 2.24) is 14.5 Å². The van der Waals surface area contributed by atoms with Crippen molar-refractivity contribution in [2.45, 2.75) is 13.0 Å². The predicted molar refractivity (Wildman–Crippen MR) is 70.0 cm³/mol. The van der Waals surface area contributed by atoms with E-state index in [0.29, 0.717) is 24.0 Å². The molecule has 0 aliphatic carbocycles. The summed E-state index contributed by atoms with van der Waals surface area (Å²) >= 11 is 0. The van der Waals surface area contributed by atoms with Gasteiger partial charge in [-0.25, -0.2) is 9.78 Å². The smallest absolute Gasteiger partial charge is 0.337 e. The summed E-state index contributed by atoms with van der Waals surface area (Å²) in [4.78, 5) is 28.4. The molecule has 6 nitrogen and oxygen atoms in total. The second-order valence-electron chi connectivity index (χ2n) is 4.45. The first-order valence-corrected chi connectivity index (χ1v) is 5.88. The van der Waals surface area contributed by atoms with E-state index in [2.05, 4.69) is 4.98 Å². The van der Waals surface area contributed by atoms with Gasteiger partial charge < -0.3 is 14.6 Å². The molecule has 1 heterocycles. The number of aromatic nitrogens is 2. The average molecular weight is 261 g/mol. The van der Waals surface area contributed by atoms with Crippen LogP contribution in [0.2, 0.25) is 0 Å². The summed E-state index contributed by atoms with van der Waals surface area (Å²) in [6.45, 7) is 0.414. The third-order valence-corrected chi connectivity index (χ3v) is 2.93. The first-order chi connectivity index (χ1) is 9.00. The fraction of sp³-hybridized carbons (Fsp3) is 0.308. The molecule has 1 N–H and O–H groups in total. The molecule has 0 spiro atoms. The van der Waals surface area contributed by atoms with E-state index in [-0.39, 0.29) is 11.5 Å². The van der Waals surface area contributed by atoms with Crippen molar-refractivity contribution in [3.05, 3.63) is 30.1 Å². The number of aromatic carboxylic acids is 1. The van der Waals surface area contributed by atoms with Crippen LogP contribution < -0.4 is 0 Å². The highest BCUT2D eigenvalue weighted by atomic mass is 16.4. The molecule has 19 heavy (non-hydrogen) atoms. The zero-order valence-corrected chi connectivity index (χ0v) is 10.8. The SMILES string of the molecule is CN(C)C(=O)CCn1cnc2cccc(C(=O)O)c21. The van der Waals surface area contributed by atoms with Crippen molar-refractivity contribution in [3.8, 4) is 0 Å². The van der Waals surface area contributed by atoms with Crippen LogP contribution in [0.15, 0.2) is 24.5 Å². The second kappa shape index (κ2) is 5.09. The topological polar surface area (TPSA) is 75.4 Å². The van der Waals surface area contributed by atoms with Crippen LogP contribution in [0.25, 0.3) is 11.0 Å². The number of imidazole rings is 1. The van der Waals surface area contributed by atoms with Gasteiger partial charge in [0.25, 0.3) is 0 Å². The summed E-state index contributed by atoms with van der Waals surface area (Å²) in [7, 11) is 3.38. The highest BCUT2D eigenvalue weighted by Crippen LogP contribution is 2.18. The van der Waals surface area contributed by atoms with E-state index in [0.717, 1.165) is 0 Å². The Bertz CT molecular complexity index is 631. The van der Waals surface area contributed by atoms with Crippen LogP contribution in [0.1, 0.15) is 16.8 Å². The summed E-state index contributed by atoms with van der Waals surface area (Å²) in [6, 6.07) is 4.96. The van der Waals surface area contributed by atoms with Crippen LogP contribution in [-0.4, -0.2) is 45.5 Å². The van der Waals surface area contributed by atoms with Gasteiger partial charge in [-0.3, -0.25) is 4.79 Å². The summed E-state index contributed by atoms with van der Waals surface area (Å²) in [6.07, 6.45) is 1.88. The molecule has 6 heteroatoms. The fourth-order valence-corrected chi connectivity index (χ4v) is 1.91. The van der Waals surface area contributed by atoms with Gasteiger partial charge in [-0.2, -0.15) is 0 Å². The Morgan fingerprint density at radius 2 is 2.11 bits per heavy atom. The summed E-state index contributed by atoms with van der Waals surface area (Å²) in [5, 5.41) is 9.18. The molecule has 1 aromatic carbocycles. The van der Waals surface area contributed by atoms with Crippen molar-refractivity contribution >= 4 is 22.9 Å². The van der Waals surface area contributed by atoms with Crippen molar-refractivity contribution < 1.29 is 14.7 Å². The zero-order valence-electron chi connectivity index (χ0n) is 10.8. The minimum atomic E-state index is -0.994. The Labute approximate surface area is 110 Å². The van der Waals surface area contributed by atoms with Crippen LogP contribution >= 0.6 is 0 Å². The monoisotopic (exact) mass is 261 g/mol. The van der Waals surface area contributed by atoms with Gasteiger partial charge in [0, 0.05) is 27.1 Å². The number of carbonyl (C=O) groups is 2. The molecular weight excluding hydrogens is 246 g/mol. The van der Waals surface area contributed by atoms with Crippen molar-refractivity contribution in [3.63, 3.8) is 0 Å². The van der Waals surface area contributed by atoms with Gasteiger partial charge in [0.2, 0.25) is 5.91 Å². The molecule has 1 aromatic heterocycles. The third-order valence-electron chi connectivity index (χ3n) is 2.93. The zero-order chi connectivity index (χ0) is 14.0. The molecule has 0 radical (unpaired) electrons. The number of carboxylic acid groups (broad SMARTS) is 1. The van der Waals surface area contributed by atoms with E-state index < -0.39 is 5.97 Å². The van der Waals surface area contributed by atoms with Crippen LogP contribution in [-0.2, 0) is 11.3 Å². The molecule has 100 valence electrons. The molecule has 2 aromatic rings.